The quantitative estimate of drug-likeness (QED) is 0.576. The minimum absolute atomic E-state index is 0.357. The molecule has 1 rings (SSSR count). The average molecular weight is 183 g/mol. The van der Waals surface area contributed by atoms with Gasteiger partial charge >= 0.3 is 0 Å². The van der Waals surface area contributed by atoms with E-state index in [9.17, 15) is 9.79 Å². The lowest BCUT2D eigenvalue weighted by Gasteiger charge is -2.31. The summed E-state index contributed by atoms with van der Waals surface area (Å²) in [4.78, 5) is 22.9. The Labute approximate surface area is 73.2 Å². The number of benzene rings is 1. The van der Waals surface area contributed by atoms with E-state index in [1.165, 1.54) is 0 Å². The Hall–Kier alpha value is -0.630. The van der Waals surface area contributed by atoms with Gasteiger partial charge in [-0.05, 0) is 12.1 Å². The minimum atomic E-state index is -2.45. The molecule has 0 bridgehead atoms. The van der Waals surface area contributed by atoms with Crippen LogP contribution in [0.15, 0.2) is 24.3 Å². The van der Waals surface area contributed by atoms with Gasteiger partial charge in [0.05, 0.1) is 0 Å². The molecular weight excluding hydrogens is 173 g/mol. The maximum absolute atomic E-state index is 10.5. The summed E-state index contributed by atoms with van der Waals surface area (Å²) < 4.78 is 0. The van der Waals surface area contributed by atoms with Gasteiger partial charge in [0.25, 0.3) is 0 Å². The second-order valence-corrected chi connectivity index (χ2v) is 3.70. The van der Waals surface area contributed by atoms with Gasteiger partial charge in [0, 0.05) is 19.8 Å². The number of nitrogens with zero attached hydrogens (tertiary/aromatic N) is 1. The van der Waals surface area contributed by atoms with Gasteiger partial charge in [0.2, 0.25) is 0 Å². The molecule has 0 aliphatic carbocycles. The molecule has 0 fully saturated rings. The number of rotatable bonds is 2. The van der Waals surface area contributed by atoms with Gasteiger partial charge in [-0.25, -0.2) is 0 Å². The Kier molecular flexibility index (Phi) is 3.04. The first-order chi connectivity index (χ1) is 5.61. The largest absolute Gasteiger partial charge is 0.838 e. The predicted octanol–water partition coefficient (Wildman–Crippen LogP) is -0.590. The summed E-state index contributed by atoms with van der Waals surface area (Å²) in [6.45, 7) is 0. The third-order valence-electron chi connectivity index (χ3n) is 1.58. The fourth-order valence-electron chi connectivity index (χ4n) is 0.872. The summed E-state index contributed by atoms with van der Waals surface area (Å²) >= 11 is 0. The Morgan fingerprint density at radius 2 is 1.58 bits per heavy atom. The van der Waals surface area contributed by atoms with E-state index in [0.29, 0.717) is 5.30 Å². The van der Waals surface area contributed by atoms with E-state index in [1.807, 2.05) is 19.0 Å². The van der Waals surface area contributed by atoms with Crippen molar-refractivity contribution in [3.05, 3.63) is 24.3 Å². The molecule has 1 aromatic carbocycles. The molecule has 0 heterocycles. The Balaban J connectivity index is 2.86. The first kappa shape index (κ1) is 9.46. The van der Waals surface area contributed by atoms with Crippen LogP contribution in [0.3, 0.4) is 0 Å². The van der Waals surface area contributed by atoms with E-state index in [-0.39, 0.29) is 0 Å². The van der Waals surface area contributed by atoms with Crippen molar-refractivity contribution in [2.24, 2.45) is 0 Å². The lowest BCUT2D eigenvalue weighted by Crippen LogP contribution is -2.19. The van der Waals surface area contributed by atoms with Gasteiger partial charge < -0.3 is 14.7 Å². The summed E-state index contributed by atoms with van der Waals surface area (Å²) in [5, 5.41) is 0.357. The van der Waals surface area contributed by atoms with Crippen molar-refractivity contribution < 1.29 is 9.79 Å². The molecule has 0 amide bonds. The van der Waals surface area contributed by atoms with Crippen LogP contribution in [0.5, 0.6) is 0 Å². The molecule has 3 nitrogen and oxygen atoms in total. The highest BCUT2D eigenvalue weighted by Gasteiger charge is 1.92. The lowest BCUT2D eigenvalue weighted by atomic mass is 10.3. The van der Waals surface area contributed by atoms with E-state index >= 15 is 0 Å². The van der Waals surface area contributed by atoms with Crippen molar-refractivity contribution in [1.29, 1.82) is 0 Å². The predicted molar refractivity (Wildman–Crippen MR) is 47.3 cm³/mol. The molecule has 0 spiro atoms. The van der Waals surface area contributed by atoms with E-state index in [1.54, 1.807) is 24.3 Å². The SMILES string of the molecule is CN(C)c1ccc(P([O-])[O-])cc1. The van der Waals surface area contributed by atoms with Crippen LogP contribution in [0.25, 0.3) is 0 Å². The highest BCUT2D eigenvalue weighted by atomic mass is 31.2. The Morgan fingerprint density at radius 1 is 1.08 bits per heavy atom. The third-order valence-corrected chi connectivity index (χ3v) is 2.30. The zero-order valence-corrected chi connectivity index (χ0v) is 7.91. The van der Waals surface area contributed by atoms with Crippen LogP contribution in [0.4, 0.5) is 5.69 Å². The summed E-state index contributed by atoms with van der Waals surface area (Å²) in [6.07, 6.45) is 0. The fraction of sp³-hybridized carbons (Fsp3) is 0.250. The molecule has 0 saturated carbocycles. The lowest BCUT2D eigenvalue weighted by molar-refractivity contribution is -0.287. The molecular formula is C8H10NO2P-2. The highest BCUT2D eigenvalue weighted by molar-refractivity contribution is 7.51. The van der Waals surface area contributed by atoms with Crippen LogP contribution in [-0.4, -0.2) is 14.1 Å². The third kappa shape index (κ3) is 2.18. The van der Waals surface area contributed by atoms with Gasteiger partial charge in [0.1, 0.15) is 0 Å². The van der Waals surface area contributed by atoms with Crippen LogP contribution in [0.1, 0.15) is 0 Å². The van der Waals surface area contributed by atoms with E-state index in [2.05, 4.69) is 0 Å². The molecule has 0 aromatic heterocycles. The summed E-state index contributed by atoms with van der Waals surface area (Å²) in [5.41, 5.74) is 0.996. The molecule has 4 heteroatoms. The van der Waals surface area contributed by atoms with Crippen molar-refractivity contribution in [3.63, 3.8) is 0 Å². The normalized spacial score (nSPS) is 10.4. The van der Waals surface area contributed by atoms with Crippen molar-refractivity contribution in [2.75, 3.05) is 19.0 Å². The first-order valence-corrected chi connectivity index (χ1v) is 4.71. The van der Waals surface area contributed by atoms with Gasteiger partial charge in [-0.15, -0.1) is 0 Å². The average Bonchev–Trinajstić information content (AvgIpc) is 2.04. The maximum Gasteiger partial charge on any atom is 0.0361 e. The number of hydrogen-bond acceptors (Lipinski definition) is 3. The topological polar surface area (TPSA) is 49.4 Å². The molecule has 0 aliphatic rings. The maximum atomic E-state index is 10.5. The van der Waals surface area contributed by atoms with Crippen LogP contribution >= 0.6 is 8.38 Å². The fourth-order valence-corrected chi connectivity index (χ4v) is 1.26. The molecule has 66 valence electrons. The Morgan fingerprint density at radius 3 is 1.92 bits per heavy atom. The molecule has 1 aromatic rings. The summed E-state index contributed by atoms with van der Waals surface area (Å²) in [6, 6.07) is 6.75. The standard InChI is InChI=1S/C8H10NO2P/c1-9(2)7-3-5-8(6-4-7)12(10)11/h3-6H,1-2H3/q-2. The minimum Gasteiger partial charge on any atom is -0.838 e. The monoisotopic (exact) mass is 183 g/mol. The number of hydrogen-bond donors (Lipinski definition) is 0. The molecule has 0 aliphatic heterocycles. The second kappa shape index (κ2) is 3.85. The Bertz CT molecular complexity index is 219. The van der Waals surface area contributed by atoms with Crippen molar-refractivity contribution in [3.8, 4) is 0 Å². The van der Waals surface area contributed by atoms with Crippen LogP contribution in [-0.2, 0) is 0 Å². The molecule has 0 atom stereocenters. The van der Waals surface area contributed by atoms with Gasteiger partial charge in [-0.2, -0.15) is 0 Å². The highest BCUT2D eigenvalue weighted by Crippen LogP contribution is 2.14. The van der Waals surface area contributed by atoms with E-state index in [0.717, 1.165) is 5.69 Å². The number of anilines is 1. The van der Waals surface area contributed by atoms with Gasteiger partial charge in [-0.1, -0.05) is 17.4 Å². The molecule has 0 saturated heterocycles. The smallest absolute Gasteiger partial charge is 0.0361 e. The summed E-state index contributed by atoms with van der Waals surface area (Å²) in [5.74, 6) is 0. The van der Waals surface area contributed by atoms with Crippen molar-refractivity contribution in [1.82, 2.24) is 0 Å². The second-order valence-electron chi connectivity index (χ2n) is 2.67. The van der Waals surface area contributed by atoms with Gasteiger partial charge in [0.15, 0.2) is 0 Å². The summed E-state index contributed by atoms with van der Waals surface area (Å²) in [7, 11) is 1.37. The van der Waals surface area contributed by atoms with Crippen molar-refractivity contribution >= 4 is 19.4 Å². The van der Waals surface area contributed by atoms with Crippen LogP contribution < -0.4 is 20.0 Å². The van der Waals surface area contributed by atoms with Crippen molar-refractivity contribution in [2.45, 2.75) is 0 Å². The molecule has 0 N–H and O–H groups in total. The first-order valence-electron chi connectivity index (χ1n) is 3.53. The molecule has 0 radical (unpaired) electrons. The van der Waals surface area contributed by atoms with E-state index < -0.39 is 8.38 Å². The van der Waals surface area contributed by atoms with Crippen LogP contribution in [0.2, 0.25) is 0 Å². The zero-order chi connectivity index (χ0) is 9.14. The zero-order valence-electron chi connectivity index (χ0n) is 7.02. The van der Waals surface area contributed by atoms with Crippen LogP contribution in [0, 0.1) is 0 Å². The molecule has 12 heavy (non-hydrogen) atoms. The molecule has 0 unspecified atom stereocenters. The van der Waals surface area contributed by atoms with Gasteiger partial charge in [-0.3, -0.25) is 8.38 Å². The van der Waals surface area contributed by atoms with E-state index in [4.69, 9.17) is 0 Å².